The molecule has 1 N–H and O–H groups in total. The predicted octanol–water partition coefficient (Wildman–Crippen LogP) is 4.72. The first kappa shape index (κ1) is 22.4. The van der Waals surface area contributed by atoms with Crippen LogP contribution in [0.2, 0.25) is 0 Å². The molecule has 30 heavy (non-hydrogen) atoms. The first-order chi connectivity index (χ1) is 14.0. The van der Waals surface area contributed by atoms with E-state index in [1.165, 1.54) is 0 Å². The van der Waals surface area contributed by atoms with Gasteiger partial charge in [-0.3, -0.25) is 0 Å². The summed E-state index contributed by atoms with van der Waals surface area (Å²) in [5, 5.41) is 0. The molecular formula is C23H31NO5S. The van der Waals surface area contributed by atoms with Crippen LogP contribution >= 0.6 is 0 Å². The van der Waals surface area contributed by atoms with Gasteiger partial charge in [-0.2, -0.15) is 0 Å². The van der Waals surface area contributed by atoms with Gasteiger partial charge in [0.05, 0.1) is 25.2 Å². The number of rotatable bonds is 6. The van der Waals surface area contributed by atoms with Gasteiger partial charge in [0, 0.05) is 18.1 Å². The van der Waals surface area contributed by atoms with Gasteiger partial charge in [0.25, 0.3) is 0 Å². The van der Waals surface area contributed by atoms with Crippen molar-refractivity contribution < 1.29 is 22.6 Å². The summed E-state index contributed by atoms with van der Waals surface area (Å²) in [6, 6.07) is 8.57. The minimum absolute atomic E-state index is 0.129. The number of sulfonamides is 1. The van der Waals surface area contributed by atoms with Crippen LogP contribution < -0.4 is 18.9 Å². The lowest BCUT2D eigenvalue weighted by molar-refractivity contribution is 0.0699. The van der Waals surface area contributed by atoms with Crippen molar-refractivity contribution in [1.29, 1.82) is 0 Å². The van der Waals surface area contributed by atoms with Gasteiger partial charge < -0.3 is 14.2 Å². The molecule has 2 aromatic carbocycles. The highest BCUT2D eigenvalue weighted by molar-refractivity contribution is 7.89. The number of hydrogen-bond acceptors (Lipinski definition) is 5. The minimum Gasteiger partial charge on any atom is -0.497 e. The Balaban J connectivity index is 2.03. The summed E-state index contributed by atoms with van der Waals surface area (Å²) in [4.78, 5) is 0.270. The molecule has 6 nitrogen and oxygen atoms in total. The van der Waals surface area contributed by atoms with E-state index in [0.717, 1.165) is 11.1 Å². The Morgan fingerprint density at radius 2 is 1.83 bits per heavy atom. The van der Waals surface area contributed by atoms with E-state index in [4.69, 9.17) is 14.2 Å². The zero-order valence-corrected chi connectivity index (χ0v) is 19.5. The molecule has 0 unspecified atom stereocenters. The monoisotopic (exact) mass is 433 g/mol. The molecule has 0 fully saturated rings. The van der Waals surface area contributed by atoms with Gasteiger partial charge in [-0.1, -0.05) is 19.9 Å². The molecule has 0 spiro atoms. The summed E-state index contributed by atoms with van der Waals surface area (Å²) >= 11 is 0. The first-order valence-electron chi connectivity index (χ1n) is 10.0. The van der Waals surface area contributed by atoms with Crippen molar-refractivity contribution in [2.75, 3.05) is 14.2 Å². The van der Waals surface area contributed by atoms with Gasteiger partial charge in [0.15, 0.2) is 0 Å². The number of methoxy groups -OCH3 is 2. The van der Waals surface area contributed by atoms with Gasteiger partial charge in [0.2, 0.25) is 10.0 Å². The van der Waals surface area contributed by atoms with E-state index in [9.17, 15) is 8.42 Å². The van der Waals surface area contributed by atoms with E-state index in [1.54, 1.807) is 39.3 Å². The highest BCUT2D eigenvalue weighted by Crippen LogP contribution is 2.42. The molecule has 0 aliphatic carbocycles. The fraction of sp³-hybridized carbons (Fsp3) is 0.478. The number of ether oxygens (including phenoxy) is 3. The zero-order valence-electron chi connectivity index (χ0n) is 18.7. The van der Waals surface area contributed by atoms with Gasteiger partial charge in [-0.15, -0.1) is 0 Å². The highest BCUT2D eigenvalue weighted by atomic mass is 32.2. The first-order valence-corrected chi connectivity index (χ1v) is 11.5. The minimum atomic E-state index is -3.77. The third kappa shape index (κ3) is 4.42. The maximum atomic E-state index is 13.4. The second-order valence-electron chi connectivity index (χ2n) is 8.66. The zero-order chi connectivity index (χ0) is 22.3. The Morgan fingerprint density at radius 1 is 1.13 bits per heavy atom. The smallest absolute Gasteiger partial charge is 0.241 e. The molecule has 1 atom stereocenters. The fourth-order valence-corrected chi connectivity index (χ4v) is 5.39. The number of hydrogen-bond donors (Lipinski definition) is 1. The number of nitrogens with one attached hydrogen (secondary N) is 1. The van der Waals surface area contributed by atoms with E-state index < -0.39 is 21.7 Å². The third-order valence-electron chi connectivity index (χ3n) is 5.41. The average Bonchev–Trinajstić information content (AvgIpc) is 2.65. The summed E-state index contributed by atoms with van der Waals surface area (Å²) in [5.41, 5.74) is 1.78. The molecule has 0 saturated heterocycles. The number of benzene rings is 2. The van der Waals surface area contributed by atoms with Crippen LogP contribution in [-0.4, -0.2) is 28.2 Å². The third-order valence-corrected chi connectivity index (χ3v) is 7.03. The fourth-order valence-electron chi connectivity index (χ4n) is 3.91. The summed E-state index contributed by atoms with van der Waals surface area (Å²) in [5.74, 6) is 2.13. The van der Waals surface area contributed by atoms with Gasteiger partial charge in [0.1, 0.15) is 22.8 Å². The van der Waals surface area contributed by atoms with Crippen LogP contribution in [0.5, 0.6) is 17.2 Å². The maximum absolute atomic E-state index is 13.4. The molecule has 1 aliphatic heterocycles. The van der Waals surface area contributed by atoms with Crippen molar-refractivity contribution >= 4 is 10.0 Å². The Labute approximate surface area is 179 Å². The van der Waals surface area contributed by atoms with Gasteiger partial charge in [-0.25, -0.2) is 13.1 Å². The normalized spacial score (nSPS) is 17.9. The van der Waals surface area contributed by atoms with Crippen molar-refractivity contribution in [2.24, 2.45) is 0 Å². The number of aryl methyl sites for hydroxylation is 1. The van der Waals surface area contributed by atoms with Crippen molar-refractivity contribution in [3.63, 3.8) is 0 Å². The van der Waals surface area contributed by atoms with E-state index in [1.807, 2.05) is 39.8 Å². The SMILES string of the molecule is COc1ccc2c(c1)OC(C)(C)C[C@H]2NS(=O)(=O)c1cc(C(C)C)c(OC)cc1C. The topological polar surface area (TPSA) is 73.9 Å². The lowest BCUT2D eigenvalue weighted by Crippen LogP contribution is -2.41. The van der Waals surface area contributed by atoms with Gasteiger partial charge in [-0.05, 0) is 56.0 Å². The van der Waals surface area contributed by atoms with Crippen LogP contribution in [0.3, 0.4) is 0 Å². The van der Waals surface area contributed by atoms with E-state index in [0.29, 0.717) is 29.2 Å². The van der Waals surface area contributed by atoms with E-state index in [2.05, 4.69) is 4.72 Å². The van der Waals surface area contributed by atoms with Crippen molar-refractivity contribution in [2.45, 2.75) is 63.5 Å². The molecule has 2 aromatic rings. The number of fused-ring (bicyclic) bond motifs is 1. The average molecular weight is 434 g/mol. The van der Waals surface area contributed by atoms with Crippen LogP contribution in [0.25, 0.3) is 0 Å². The quantitative estimate of drug-likeness (QED) is 0.714. The van der Waals surface area contributed by atoms with Crippen molar-refractivity contribution in [1.82, 2.24) is 4.72 Å². The Morgan fingerprint density at radius 3 is 2.43 bits per heavy atom. The Hall–Kier alpha value is -2.25. The summed E-state index contributed by atoms with van der Waals surface area (Å²) in [7, 11) is -0.581. The molecule has 7 heteroatoms. The molecule has 0 bridgehead atoms. The Bertz CT molecular complexity index is 1040. The molecule has 0 amide bonds. The molecule has 3 rings (SSSR count). The van der Waals surface area contributed by atoms with E-state index in [-0.39, 0.29) is 10.8 Å². The molecule has 0 saturated carbocycles. The standard InChI is InChI=1S/C23H31NO5S/c1-14(2)18-12-22(15(3)10-20(18)28-7)30(25,26)24-19-13-23(4,5)29-21-11-16(27-6)8-9-17(19)21/h8-12,14,19,24H,13H2,1-7H3/t19-/m1/s1. The predicted molar refractivity (Wildman–Crippen MR) is 117 cm³/mol. The maximum Gasteiger partial charge on any atom is 0.241 e. The largest absolute Gasteiger partial charge is 0.497 e. The van der Waals surface area contributed by atoms with Crippen LogP contribution in [0.1, 0.15) is 62.8 Å². The molecule has 1 heterocycles. The van der Waals surface area contributed by atoms with Crippen LogP contribution in [-0.2, 0) is 10.0 Å². The molecule has 0 aromatic heterocycles. The highest BCUT2D eigenvalue weighted by Gasteiger charge is 2.36. The molecule has 0 radical (unpaired) electrons. The molecule has 164 valence electrons. The lowest BCUT2D eigenvalue weighted by Gasteiger charge is -2.38. The van der Waals surface area contributed by atoms with Crippen LogP contribution in [0.4, 0.5) is 0 Å². The molecule has 1 aliphatic rings. The van der Waals surface area contributed by atoms with Crippen LogP contribution in [0, 0.1) is 6.92 Å². The van der Waals surface area contributed by atoms with Crippen LogP contribution in [0.15, 0.2) is 35.2 Å². The lowest BCUT2D eigenvalue weighted by atomic mass is 9.90. The van der Waals surface area contributed by atoms with Crippen molar-refractivity contribution in [3.05, 3.63) is 47.0 Å². The summed E-state index contributed by atoms with van der Waals surface area (Å²) in [6.45, 7) is 9.72. The second-order valence-corrected chi connectivity index (χ2v) is 10.3. The summed E-state index contributed by atoms with van der Waals surface area (Å²) in [6.07, 6.45) is 0.512. The Kier molecular flexibility index (Phi) is 6.07. The summed E-state index contributed by atoms with van der Waals surface area (Å²) < 4.78 is 46.6. The molecular weight excluding hydrogens is 402 g/mol. The van der Waals surface area contributed by atoms with Gasteiger partial charge >= 0.3 is 0 Å². The second kappa shape index (κ2) is 8.12. The van der Waals surface area contributed by atoms with E-state index >= 15 is 0 Å². The van der Waals surface area contributed by atoms with Crippen molar-refractivity contribution in [3.8, 4) is 17.2 Å².